The van der Waals surface area contributed by atoms with Crippen molar-refractivity contribution in [1.82, 2.24) is 0 Å². The number of hydrogen-bond acceptors (Lipinski definition) is 2. The van der Waals surface area contributed by atoms with Crippen molar-refractivity contribution in [2.24, 2.45) is 5.73 Å². The fraction of sp³-hybridized carbons (Fsp3) is 0.235. The third-order valence-corrected chi connectivity index (χ3v) is 3.47. The van der Waals surface area contributed by atoms with Crippen molar-refractivity contribution in [2.75, 3.05) is 17.2 Å². The van der Waals surface area contributed by atoms with E-state index in [2.05, 4.69) is 24.5 Å². The van der Waals surface area contributed by atoms with E-state index in [1.54, 1.807) is 0 Å². The number of nitrogens with one attached hydrogen (secondary N) is 2. The minimum Gasteiger partial charge on any atom is -0.330 e. The lowest BCUT2D eigenvalue weighted by Gasteiger charge is -2.23. The van der Waals surface area contributed by atoms with Crippen LogP contribution in [0, 0.1) is 0 Å². The number of anilines is 2. The molecular weight excluding hydrogens is 262 g/mol. The summed E-state index contributed by atoms with van der Waals surface area (Å²) in [5, 5.41) is 5.58. The molecule has 2 rings (SSSR count). The predicted molar refractivity (Wildman–Crippen MR) is 87.6 cm³/mol. The largest absolute Gasteiger partial charge is 0.330 e. The number of carbonyl (C=O) groups excluding carboxylic acids is 1. The molecule has 4 N–H and O–H groups in total. The summed E-state index contributed by atoms with van der Waals surface area (Å²) in [6.07, 6.45) is 0. The highest BCUT2D eigenvalue weighted by molar-refractivity contribution is 5.99. The zero-order valence-corrected chi connectivity index (χ0v) is 12.4. The number of nitrogens with two attached hydrogens (primary N) is 1. The molecule has 0 aliphatic heterocycles. The van der Waals surface area contributed by atoms with Crippen LogP contribution in [0.1, 0.15) is 19.4 Å². The molecule has 4 heteroatoms. The van der Waals surface area contributed by atoms with Gasteiger partial charge in [-0.1, -0.05) is 44.2 Å². The standard InChI is InChI=1S/C17H21N3O/c1-17(2,12-18)13-8-10-15(11-9-13)20-16(21)19-14-6-4-3-5-7-14/h3-11H,12,18H2,1-2H3,(H2,19,20,21). The summed E-state index contributed by atoms with van der Waals surface area (Å²) in [4.78, 5) is 11.9. The van der Waals surface area contributed by atoms with Gasteiger partial charge in [-0.15, -0.1) is 0 Å². The maximum absolute atomic E-state index is 11.9. The zero-order chi connectivity index (χ0) is 15.3. The first-order chi connectivity index (χ1) is 10.0. The lowest BCUT2D eigenvalue weighted by molar-refractivity contribution is 0.262. The van der Waals surface area contributed by atoms with Gasteiger partial charge in [0.25, 0.3) is 0 Å². The molecule has 0 spiro atoms. The van der Waals surface area contributed by atoms with Crippen LogP contribution in [0.4, 0.5) is 16.2 Å². The van der Waals surface area contributed by atoms with Crippen LogP contribution in [0.2, 0.25) is 0 Å². The van der Waals surface area contributed by atoms with Crippen molar-refractivity contribution in [3.63, 3.8) is 0 Å². The first-order valence-electron chi connectivity index (χ1n) is 6.95. The average molecular weight is 283 g/mol. The number of rotatable bonds is 4. The van der Waals surface area contributed by atoms with Crippen LogP contribution in [0.15, 0.2) is 54.6 Å². The minimum absolute atomic E-state index is 0.0647. The number of amides is 2. The minimum atomic E-state index is -0.257. The number of carbonyl (C=O) groups is 1. The van der Waals surface area contributed by atoms with Gasteiger partial charge in [0.1, 0.15) is 0 Å². The third kappa shape index (κ3) is 4.07. The Kier molecular flexibility index (Phi) is 4.60. The van der Waals surface area contributed by atoms with Crippen molar-refractivity contribution in [2.45, 2.75) is 19.3 Å². The molecule has 0 saturated carbocycles. The Balaban J connectivity index is 1.99. The molecule has 0 bridgehead atoms. The summed E-state index contributed by atoms with van der Waals surface area (Å²) < 4.78 is 0. The van der Waals surface area contributed by atoms with E-state index in [0.29, 0.717) is 6.54 Å². The summed E-state index contributed by atoms with van der Waals surface area (Å²) in [7, 11) is 0. The van der Waals surface area contributed by atoms with Gasteiger partial charge in [0, 0.05) is 23.3 Å². The summed E-state index contributed by atoms with van der Waals surface area (Å²) in [5.74, 6) is 0. The van der Waals surface area contributed by atoms with Crippen molar-refractivity contribution in [3.05, 3.63) is 60.2 Å². The van der Waals surface area contributed by atoms with Crippen LogP contribution >= 0.6 is 0 Å². The Bertz CT molecular complexity index is 591. The second-order valence-corrected chi connectivity index (χ2v) is 5.61. The van der Waals surface area contributed by atoms with Gasteiger partial charge in [-0.05, 0) is 29.8 Å². The average Bonchev–Trinajstić information content (AvgIpc) is 2.48. The number of hydrogen-bond donors (Lipinski definition) is 3. The van der Waals surface area contributed by atoms with E-state index >= 15 is 0 Å². The maximum Gasteiger partial charge on any atom is 0.323 e. The van der Waals surface area contributed by atoms with Crippen molar-refractivity contribution >= 4 is 17.4 Å². The first kappa shape index (κ1) is 15.1. The van der Waals surface area contributed by atoms with E-state index in [1.807, 2.05) is 54.6 Å². The second kappa shape index (κ2) is 6.41. The molecule has 2 amide bonds. The predicted octanol–water partition coefficient (Wildman–Crippen LogP) is 3.57. The molecule has 0 aliphatic rings. The molecule has 0 radical (unpaired) electrons. The molecule has 0 fully saturated rings. The number of urea groups is 1. The molecule has 110 valence electrons. The molecule has 0 aliphatic carbocycles. The molecule has 4 nitrogen and oxygen atoms in total. The molecule has 0 saturated heterocycles. The fourth-order valence-electron chi connectivity index (χ4n) is 1.94. The molecule has 21 heavy (non-hydrogen) atoms. The highest BCUT2D eigenvalue weighted by atomic mass is 16.2. The van der Waals surface area contributed by atoms with Gasteiger partial charge in [-0.25, -0.2) is 4.79 Å². The van der Waals surface area contributed by atoms with Crippen molar-refractivity contribution in [3.8, 4) is 0 Å². The lowest BCUT2D eigenvalue weighted by Crippen LogP contribution is -2.28. The van der Waals surface area contributed by atoms with Crippen LogP contribution in [0.25, 0.3) is 0 Å². The lowest BCUT2D eigenvalue weighted by atomic mass is 9.85. The Labute approximate surface area is 125 Å². The summed E-state index contributed by atoms with van der Waals surface area (Å²) in [6, 6.07) is 16.8. The monoisotopic (exact) mass is 283 g/mol. The van der Waals surface area contributed by atoms with Crippen LogP contribution in [-0.2, 0) is 5.41 Å². The van der Waals surface area contributed by atoms with Crippen LogP contribution in [-0.4, -0.2) is 12.6 Å². The quantitative estimate of drug-likeness (QED) is 0.803. The van der Waals surface area contributed by atoms with E-state index in [9.17, 15) is 4.79 Å². The van der Waals surface area contributed by atoms with E-state index in [0.717, 1.165) is 16.9 Å². The molecule has 0 heterocycles. The van der Waals surface area contributed by atoms with Gasteiger partial charge in [0.05, 0.1) is 0 Å². The summed E-state index contributed by atoms with van der Waals surface area (Å²) >= 11 is 0. The van der Waals surface area contributed by atoms with Gasteiger partial charge < -0.3 is 16.4 Å². The molecular formula is C17H21N3O. The molecule has 2 aromatic carbocycles. The van der Waals surface area contributed by atoms with Crippen molar-refractivity contribution < 1.29 is 4.79 Å². The van der Waals surface area contributed by atoms with Gasteiger partial charge in [0.2, 0.25) is 0 Å². The zero-order valence-electron chi connectivity index (χ0n) is 12.4. The molecule has 0 atom stereocenters. The van der Waals surface area contributed by atoms with E-state index in [-0.39, 0.29) is 11.4 Å². The highest BCUT2D eigenvalue weighted by Crippen LogP contribution is 2.23. The maximum atomic E-state index is 11.9. The smallest absolute Gasteiger partial charge is 0.323 e. The Morgan fingerprint density at radius 3 is 2.00 bits per heavy atom. The molecule has 0 unspecified atom stereocenters. The summed E-state index contributed by atoms with van der Waals surface area (Å²) in [6.45, 7) is 4.77. The van der Waals surface area contributed by atoms with Crippen LogP contribution in [0.3, 0.4) is 0 Å². The normalized spacial score (nSPS) is 11.0. The van der Waals surface area contributed by atoms with Crippen LogP contribution in [0.5, 0.6) is 0 Å². The molecule has 0 aromatic heterocycles. The topological polar surface area (TPSA) is 67.1 Å². The SMILES string of the molecule is CC(C)(CN)c1ccc(NC(=O)Nc2ccccc2)cc1. The van der Waals surface area contributed by atoms with E-state index in [1.165, 1.54) is 0 Å². The third-order valence-electron chi connectivity index (χ3n) is 3.47. The Hall–Kier alpha value is -2.33. The van der Waals surface area contributed by atoms with Gasteiger partial charge >= 0.3 is 6.03 Å². The number of para-hydroxylation sites is 1. The Morgan fingerprint density at radius 1 is 0.952 bits per heavy atom. The van der Waals surface area contributed by atoms with Gasteiger partial charge in [0.15, 0.2) is 0 Å². The van der Waals surface area contributed by atoms with E-state index in [4.69, 9.17) is 5.73 Å². The van der Waals surface area contributed by atoms with Crippen molar-refractivity contribution in [1.29, 1.82) is 0 Å². The Morgan fingerprint density at radius 2 is 1.48 bits per heavy atom. The van der Waals surface area contributed by atoms with E-state index < -0.39 is 0 Å². The number of benzene rings is 2. The van der Waals surface area contributed by atoms with Crippen LogP contribution < -0.4 is 16.4 Å². The van der Waals surface area contributed by atoms with Gasteiger partial charge in [-0.3, -0.25) is 0 Å². The second-order valence-electron chi connectivity index (χ2n) is 5.61. The summed E-state index contributed by atoms with van der Waals surface area (Å²) in [5.41, 5.74) is 8.36. The molecule has 2 aromatic rings. The fourth-order valence-corrected chi connectivity index (χ4v) is 1.94. The highest BCUT2D eigenvalue weighted by Gasteiger charge is 2.18. The first-order valence-corrected chi connectivity index (χ1v) is 6.95. The van der Waals surface area contributed by atoms with Gasteiger partial charge in [-0.2, -0.15) is 0 Å².